The van der Waals surface area contributed by atoms with Gasteiger partial charge in [0, 0.05) is 12.6 Å². The number of amides is 1. The molecule has 0 aromatic carbocycles. The van der Waals surface area contributed by atoms with Gasteiger partial charge in [-0.1, -0.05) is 26.2 Å². The van der Waals surface area contributed by atoms with Gasteiger partial charge in [-0.05, 0) is 32.1 Å². The molecule has 1 aliphatic carbocycles. The molecule has 1 atom stereocenters. The van der Waals surface area contributed by atoms with E-state index in [1.54, 1.807) is 0 Å². The third-order valence-corrected chi connectivity index (χ3v) is 3.54. The van der Waals surface area contributed by atoms with Crippen molar-refractivity contribution >= 4 is 5.91 Å². The molecule has 1 aliphatic rings. The summed E-state index contributed by atoms with van der Waals surface area (Å²) in [6.45, 7) is 5.62. The molecule has 0 aliphatic heterocycles. The van der Waals surface area contributed by atoms with Crippen LogP contribution in [-0.4, -0.2) is 25.0 Å². The van der Waals surface area contributed by atoms with Crippen LogP contribution in [0.1, 0.15) is 52.4 Å². The van der Waals surface area contributed by atoms with E-state index in [1.807, 2.05) is 0 Å². The Hall–Kier alpha value is -0.570. The average Bonchev–Trinajstić information content (AvgIpc) is 2.79. The fraction of sp³-hybridized carbons (Fsp3) is 0.923. The molecule has 94 valence electrons. The van der Waals surface area contributed by atoms with Crippen molar-refractivity contribution in [2.45, 2.75) is 58.4 Å². The highest BCUT2D eigenvalue weighted by molar-refractivity contribution is 5.77. The van der Waals surface area contributed by atoms with Gasteiger partial charge in [0.2, 0.25) is 5.91 Å². The van der Waals surface area contributed by atoms with E-state index in [0.29, 0.717) is 12.6 Å². The highest BCUT2D eigenvalue weighted by atomic mass is 16.1. The average molecular weight is 226 g/mol. The fourth-order valence-corrected chi connectivity index (χ4v) is 2.34. The lowest BCUT2D eigenvalue weighted by atomic mass is 10.00. The Morgan fingerprint density at radius 1 is 1.38 bits per heavy atom. The van der Waals surface area contributed by atoms with Gasteiger partial charge in [-0.2, -0.15) is 0 Å². The third kappa shape index (κ3) is 4.97. The number of carbonyl (C=O) groups excluding carboxylic acids is 1. The lowest BCUT2D eigenvalue weighted by Crippen LogP contribution is -2.40. The first-order chi connectivity index (χ1) is 7.74. The minimum absolute atomic E-state index is 0.137. The minimum atomic E-state index is 0.137. The summed E-state index contributed by atoms with van der Waals surface area (Å²) in [4.78, 5) is 11.5. The van der Waals surface area contributed by atoms with Gasteiger partial charge >= 0.3 is 0 Å². The molecule has 1 rings (SSSR count). The minimum Gasteiger partial charge on any atom is -0.355 e. The molecule has 0 aromatic heterocycles. The maximum absolute atomic E-state index is 11.5. The van der Waals surface area contributed by atoms with Crippen molar-refractivity contribution in [3.63, 3.8) is 0 Å². The second kappa shape index (κ2) is 7.66. The Morgan fingerprint density at radius 2 is 2.06 bits per heavy atom. The van der Waals surface area contributed by atoms with Crippen LogP contribution in [0.3, 0.4) is 0 Å². The summed E-state index contributed by atoms with van der Waals surface area (Å²) >= 11 is 0. The smallest absolute Gasteiger partial charge is 0.233 e. The topological polar surface area (TPSA) is 41.1 Å². The fourth-order valence-electron chi connectivity index (χ4n) is 2.34. The Bertz CT molecular complexity index is 200. The molecule has 1 saturated carbocycles. The van der Waals surface area contributed by atoms with Gasteiger partial charge in [-0.25, -0.2) is 0 Å². The normalized spacial score (nSPS) is 18.6. The molecule has 0 bridgehead atoms. The number of nitrogens with one attached hydrogen (secondary N) is 2. The molecule has 3 nitrogen and oxygen atoms in total. The standard InChI is InChI=1S/C13H26N2O/c1-3-4-9-14-13(16)10-15-11(2)12-7-5-6-8-12/h11-12,15H,3-10H2,1-2H3,(H,14,16). The van der Waals surface area contributed by atoms with Gasteiger partial charge in [0.15, 0.2) is 0 Å². The highest BCUT2D eigenvalue weighted by Crippen LogP contribution is 2.27. The molecule has 0 spiro atoms. The van der Waals surface area contributed by atoms with Crippen LogP contribution in [0, 0.1) is 5.92 Å². The van der Waals surface area contributed by atoms with Crippen LogP contribution in [0.25, 0.3) is 0 Å². The van der Waals surface area contributed by atoms with Crippen molar-refractivity contribution in [1.29, 1.82) is 0 Å². The molecule has 1 amide bonds. The predicted octanol–water partition coefficient (Wildman–Crippen LogP) is 2.07. The molecule has 0 aromatic rings. The maximum Gasteiger partial charge on any atom is 0.233 e. The van der Waals surface area contributed by atoms with E-state index in [4.69, 9.17) is 0 Å². The van der Waals surface area contributed by atoms with Gasteiger partial charge in [-0.3, -0.25) is 4.79 Å². The van der Waals surface area contributed by atoms with E-state index >= 15 is 0 Å². The summed E-state index contributed by atoms with van der Waals surface area (Å²) in [6, 6.07) is 0.486. The summed E-state index contributed by atoms with van der Waals surface area (Å²) in [5.74, 6) is 0.918. The van der Waals surface area contributed by atoms with Crippen molar-refractivity contribution in [3.05, 3.63) is 0 Å². The number of unbranched alkanes of at least 4 members (excludes halogenated alkanes) is 1. The highest BCUT2D eigenvalue weighted by Gasteiger charge is 2.21. The predicted molar refractivity (Wildman–Crippen MR) is 67.3 cm³/mol. The lowest BCUT2D eigenvalue weighted by molar-refractivity contribution is -0.120. The summed E-state index contributed by atoms with van der Waals surface area (Å²) < 4.78 is 0. The number of rotatable bonds is 7. The van der Waals surface area contributed by atoms with Crippen LogP contribution < -0.4 is 10.6 Å². The largest absolute Gasteiger partial charge is 0.355 e. The van der Waals surface area contributed by atoms with Crippen molar-refractivity contribution in [3.8, 4) is 0 Å². The van der Waals surface area contributed by atoms with Crippen LogP contribution in [-0.2, 0) is 4.79 Å². The van der Waals surface area contributed by atoms with E-state index in [9.17, 15) is 4.79 Å². The van der Waals surface area contributed by atoms with E-state index in [1.165, 1.54) is 25.7 Å². The Kier molecular flexibility index (Phi) is 6.46. The molecule has 1 unspecified atom stereocenters. The first kappa shape index (κ1) is 13.5. The molecule has 3 heteroatoms. The summed E-state index contributed by atoms with van der Waals surface area (Å²) in [5, 5.41) is 6.27. The van der Waals surface area contributed by atoms with Gasteiger partial charge < -0.3 is 10.6 Å². The van der Waals surface area contributed by atoms with Gasteiger partial charge in [0.1, 0.15) is 0 Å². The molecule has 1 fully saturated rings. The van der Waals surface area contributed by atoms with Crippen molar-refractivity contribution in [1.82, 2.24) is 10.6 Å². The van der Waals surface area contributed by atoms with Crippen LogP contribution in [0.4, 0.5) is 0 Å². The van der Waals surface area contributed by atoms with Gasteiger partial charge in [-0.15, -0.1) is 0 Å². The van der Waals surface area contributed by atoms with E-state index < -0.39 is 0 Å². The molecule has 2 N–H and O–H groups in total. The molecule has 0 heterocycles. The molecular formula is C13H26N2O. The second-order valence-electron chi connectivity index (χ2n) is 4.92. The zero-order chi connectivity index (χ0) is 11.8. The van der Waals surface area contributed by atoms with Crippen LogP contribution >= 0.6 is 0 Å². The number of hydrogen-bond donors (Lipinski definition) is 2. The molecule has 16 heavy (non-hydrogen) atoms. The third-order valence-electron chi connectivity index (χ3n) is 3.54. The summed E-state index contributed by atoms with van der Waals surface area (Å²) in [5.41, 5.74) is 0. The Balaban J connectivity index is 2.06. The number of hydrogen-bond acceptors (Lipinski definition) is 2. The van der Waals surface area contributed by atoms with E-state index in [0.717, 1.165) is 25.3 Å². The zero-order valence-electron chi connectivity index (χ0n) is 10.7. The molecular weight excluding hydrogens is 200 g/mol. The van der Waals surface area contributed by atoms with Crippen molar-refractivity contribution < 1.29 is 4.79 Å². The van der Waals surface area contributed by atoms with Crippen LogP contribution in [0.5, 0.6) is 0 Å². The molecule has 0 saturated heterocycles. The summed E-state index contributed by atoms with van der Waals surface area (Å²) in [6.07, 6.45) is 7.58. The SMILES string of the molecule is CCCCNC(=O)CNC(C)C1CCCC1. The van der Waals surface area contributed by atoms with Crippen molar-refractivity contribution in [2.75, 3.05) is 13.1 Å². The lowest BCUT2D eigenvalue weighted by Gasteiger charge is -2.20. The maximum atomic E-state index is 11.5. The van der Waals surface area contributed by atoms with Crippen LogP contribution in [0.2, 0.25) is 0 Å². The first-order valence-electron chi connectivity index (χ1n) is 6.74. The van der Waals surface area contributed by atoms with Crippen molar-refractivity contribution in [2.24, 2.45) is 5.92 Å². The molecule has 0 radical (unpaired) electrons. The zero-order valence-corrected chi connectivity index (χ0v) is 10.7. The second-order valence-corrected chi connectivity index (χ2v) is 4.92. The first-order valence-corrected chi connectivity index (χ1v) is 6.74. The number of carbonyl (C=O) groups is 1. The summed E-state index contributed by atoms with van der Waals surface area (Å²) in [7, 11) is 0. The van der Waals surface area contributed by atoms with Gasteiger partial charge in [0.25, 0.3) is 0 Å². The van der Waals surface area contributed by atoms with E-state index in [-0.39, 0.29) is 5.91 Å². The monoisotopic (exact) mass is 226 g/mol. The van der Waals surface area contributed by atoms with E-state index in [2.05, 4.69) is 24.5 Å². The Labute approximate surface area is 99.4 Å². The quantitative estimate of drug-likeness (QED) is 0.653. The Morgan fingerprint density at radius 3 is 2.69 bits per heavy atom. The van der Waals surface area contributed by atoms with Gasteiger partial charge in [0.05, 0.1) is 6.54 Å². The van der Waals surface area contributed by atoms with Crippen LogP contribution in [0.15, 0.2) is 0 Å².